The Kier molecular flexibility index (Phi) is 2.57. The van der Waals surface area contributed by atoms with Crippen LogP contribution in [0.1, 0.15) is 11.3 Å². The van der Waals surface area contributed by atoms with Crippen LogP contribution in [0.25, 0.3) is 11.1 Å². The van der Waals surface area contributed by atoms with Crippen LogP contribution < -0.4 is 0 Å². The molecule has 0 saturated carbocycles. The Morgan fingerprint density at radius 1 is 1.47 bits per heavy atom. The largest absolute Gasteiger partial charge is 0.437 e. The second kappa shape index (κ2) is 3.87. The summed E-state index contributed by atoms with van der Waals surface area (Å²) in [5.74, 6) is -0.146. The molecule has 1 heterocycles. The molecule has 2 aromatic rings. The molecule has 0 saturated heterocycles. The van der Waals surface area contributed by atoms with Gasteiger partial charge in [0.2, 0.25) is 5.89 Å². The minimum Gasteiger partial charge on any atom is -0.437 e. The number of rotatable bonds is 3. The second-order valence-corrected chi connectivity index (χ2v) is 3.75. The Hall–Kier alpha value is -1.60. The minimum atomic E-state index is -2.42. The highest BCUT2D eigenvalue weighted by Gasteiger charge is 2.24. The van der Waals surface area contributed by atoms with Gasteiger partial charge in [0.1, 0.15) is 5.52 Å². The summed E-state index contributed by atoms with van der Waals surface area (Å²) < 4.78 is 24.6. The van der Waals surface area contributed by atoms with Gasteiger partial charge < -0.3 is 8.97 Å². The van der Waals surface area contributed by atoms with Gasteiger partial charge in [-0.25, -0.2) is 9.19 Å². The van der Waals surface area contributed by atoms with Crippen LogP contribution in [-0.2, 0) is 11.1 Å². The molecule has 7 heteroatoms. The number of nitrogens with zero attached hydrogens (tertiary/aromatic N) is 2. The SMILES string of the molecule is O=NC(c1nc2ccccc2o1)S(=O)O. The first-order valence-corrected chi connectivity index (χ1v) is 5.17. The van der Waals surface area contributed by atoms with Gasteiger partial charge in [-0.2, -0.15) is 0 Å². The highest BCUT2D eigenvalue weighted by molar-refractivity contribution is 7.79. The van der Waals surface area contributed by atoms with Crippen LogP contribution >= 0.6 is 0 Å². The Morgan fingerprint density at radius 2 is 2.20 bits per heavy atom. The first kappa shape index (κ1) is 9.94. The molecule has 6 nitrogen and oxygen atoms in total. The lowest BCUT2D eigenvalue weighted by atomic mass is 10.3. The van der Waals surface area contributed by atoms with Crippen LogP contribution in [0.5, 0.6) is 0 Å². The highest BCUT2D eigenvalue weighted by Crippen LogP contribution is 2.23. The molecule has 15 heavy (non-hydrogen) atoms. The fourth-order valence-electron chi connectivity index (χ4n) is 1.16. The molecule has 1 aromatic heterocycles. The van der Waals surface area contributed by atoms with Crippen LogP contribution in [-0.4, -0.2) is 13.7 Å². The molecule has 78 valence electrons. The third-order valence-corrected chi connectivity index (χ3v) is 2.48. The van der Waals surface area contributed by atoms with E-state index < -0.39 is 16.5 Å². The van der Waals surface area contributed by atoms with Crippen molar-refractivity contribution in [2.75, 3.05) is 0 Å². The third kappa shape index (κ3) is 1.79. The van der Waals surface area contributed by atoms with Crippen molar-refractivity contribution in [3.8, 4) is 0 Å². The van der Waals surface area contributed by atoms with Gasteiger partial charge in [0.05, 0.1) is 0 Å². The number of oxazole rings is 1. The molecule has 2 atom stereocenters. The average molecular weight is 226 g/mol. The fourth-order valence-corrected chi connectivity index (χ4v) is 1.51. The third-order valence-electron chi connectivity index (χ3n) is 1.81. The zero-order valence-corrected chi connectivity index (χ0v) is 8.18. The normalized spacial score (nSPS) is 15.0. The molecule has 0 bridgehead atoms. The van der Waals surface area contributed by atoms with Crippen molar-refractivity contribution in [1.82, 2.24) is 4.98 Å². The summed E-state index contributed by atoms with van der Waals surface area (Å²) >= 11 is -2.42. The average Bonchev–Trinajstić information content (AvgIpc) is 2.61. The van der Waals surface area contributed by atoms with Gasteiger partial charge in [-0.15, -0.1) is 4.91 Å². The molecule has 0 aliphatic rings. The van der Waals surface area contributed by atoms with Gasteiger partial charge in [-0.1, -0.05) is 12.1 Å². The monoisotopic (exact) mass is 226 g/mol. The van der Waals surface area contributed by atoms with Gasteiger partial charge in [0, 0.05) is 0 Å². The van der Waals surface area contributed by atoms with Gasteiger partial charge in [-0.3, -0.25) is 0 Å². The maximum Gasteiger partial charge on any atom is 0.267 e. The van der Waals surface area contributed by atoms with E-state index >= 15 is 0 Å². The molecule has 2 rings (SSSR count). The zero-order valence-electron chi connectivity index (χ0n) is 7.36. The fraction of sp³-hybridized carbons (Fsp3) is 0.125. The minimum absolute atomic E-state index is 0.146. The molecule has 1 N–H and O–H groups in total. The van der Waals surface area contributed by atoms with E-state index in [9.17, 15) is 9.12 Å². The van der Waals surface area contributed by atoms with Gasteiger partial charge >= 0.3 is 0 Å². The number of aromatic nitrogens is 1. The highest BCUT2D eigenvalue weighted by atomic mass is 32.2. The predicted molar refractivity (Wildman–Crippen MR) is 53.3 cm³/mol. The molecule has 0 aliphatic heterocycles. The van der Waals surface area contributed by atoms with E-state index in [2.05, 4.69) is 10.2 Å². The lowest BCUT2D eigenvalue weighted by Crippen LogP contribution is -2.01. The van der Waals surface area contributed by atoms with E-state index in [1.54, 1.807) is 24.3 Å². The Labute approximate surface area is 86.6 Å². The maximum atomic E-state index is 10.7. The van der Waals surface area contributed by atoms with Crippen molar-refractivity contribution in [3.63, 3.8) is 0 Å². The van der Waals surface area contributed by atoms with Crippen molar-refractivity contribution in [2.45, 2.75) is 5.37 Å². The zero-order chi connectivity index (χ0) is 10.8. The van der Waals surface area contributed by atoms with Crippen LogP contribution in [0.15, 0.2) is 33.9 Å². The van der Waals surface area contributed by atoms with Crippen molar-refractivity contribution in [1.29, 1.82) is 0 Å². The standard InChI is InChI=1S/C8H6N2O4S/c11-10-8(15(12)13)7-9-5-3-1-2-4-6(5)14-7/h1-4,8H,(H,12,13). The van der Waals surface area contributed by atoms with Gasteiger partial charge in [0.15, 0.2) is 16.7 Å². The summed E-state index contributed by atoms with van der Waals surface area (Å²) in [5.41, 5.74) is 0.971. The van der Waals surface area contributed by atoms with Crippen LogP contribution in [0.4, 0.5) is 0 Å². The van der Waals surface area contributed by atoms with E-state index in [0.29, 0.717) is 11.1 Å². The summed E-state index contributed by atoms with van der Waals surface area (Å²) in [5, 5.41) is 1.02. The number of para-hydroxylation sites is 2. The summed E-state index contributed by atoms with van der Waals surface area (Å²) in [6.07, 6.45) is 0. The van der Waals surface area contributed by atoms with E-state index in [4.69, 9.17) is 8.97 Å². The van der Waals surface area contributed by atoms with E-state index in [0.717, 1.165) is 0 Å². The van der Waals surface area contributed by atoms with Crippen LogP contribution in [0.2, 0.25) is 0 Å². The van der Waals surface area contributed by atoms with Crippen LogP contribution in [0, 0.1) is 4.91 Å². The summed E-state index contributed by atoms with van der Waals surface area (Å²) in [6, 6.07) is 6.79. The first-order valence-electron chi connectivity index (χ1n) is 4.00. The molecule has 0 aliphatic carbocycles. The van der Waals surface area contributed by atoms with Crippen molar-refractivity contribution < 1.29 is 13.2 Å². The van der Waals surface area contributed by atoms with Crippen molar-refractivity contribution in [3.05, 3.63) is 35.1 Å². The molecule has 0 fully saturated rings. The summed E-state index contributed by atoms with van der Waals surface area (Å²) in [6.45, 7) is 0. The molecular weight excluding hydrogens is 220 g/mol. The number of benzene rings is 1. The lowest BCUT2D eigenvalue weighted by Gasteiger charge is -1.96. The lowest BCUT2D eigenvalue weighted by molar-refractivity contribution is 0.495. The molecule has 2 unspecified atom stereocenters. The molecular formula is C8H6N2O4S. The number of nitroso groups, excluding NO2 is 1. The topological polar surface area (TPSA) is 92.8 Å². The number of hydrogen-bond donors (Lipinski definition) is 1. The predicted octanol–water partition coefficient (Wildman–Crippen LogP) is 1.81. The van der Waals surface area contributed by atoms with Gasteiger partial charge in [0.25, 0.3) is 5.37 Å². The molecule has 0 spiro atoms. The van der Waals surface area contributed by atoms with E-state index in [1.165, 1.54) is 0 Å². The van der Waals surface area contributed by atoms with E-state index in [-0.39, 0.29) is 5.89 Å². The maximum absolute atomic E-state index is 10.7. The van der Waals surface area contributed by atoms with Crippen LogP contribution in [0.3, 0.4) is 0 Å². The Bertz CT molecular complexity index is 491. The first-order chi connectivity index (χ1) is 7.22. The van der Waals surface area contributed by atoms with Crippen molar-refractivity contribution >= 4 is 22.2 Å². The molecule has 1 aromatic carbocycles. The van der Waals surface area contributed by atoms with Crippen molar-refractivity contribution in [2.24, 2.45) is 5.18 Å². The number of hydrogen-bond acceptors (Lipinski definition) is 5. The quantitative estimate of drug-likeness (QED) is 0.636. The van der Waals surface area contributed by atoms with E-state index in [1.807, 2.05) is 0 Å². The Morgan fingerprint density at radius 3 is 2.80 bits per heavy atom. The van der Waals surface area contributed by atoms with Gasteiger partial charge in [-0.05, 0) is 17.3 Å². The number of fused-ring (bicyclic) bond motifs is 1. The summed E-state index contributed by atoms with van der Waals surface area (Å²) in [4.78, 5) is 14.2. The molecule has 0 radical (unpaired) electrons. The summed E-state index contributed by atoms with van der Waals surface area (Å²) in [7, 11) is 0. The Balaban J connectivity index is 2.52. The molecule has 0 amide bonds. The second-order valence-electron chi connectivity index (χ2n) is 2.75. The smallest absolute Gasteiger partial charge is 0.267 e.